The van der Waals surface area contributed by atoms with Crippen molar-refractivity contribution in [1.82, 2.24) is 0 Å². The highest BCUT2D eigenvalue weighted by molar-refractivity contribution is 6.19. The number of ether oxygens (including phenoxy) is 5. The average molecular weight is 661 g/mol. The van der Waals surface area contributed by atoms with E-state index in [1.807, 2.05) is 54.5 Å². The van der Waals surface area contributed by atoms with Crippen molar-refractivity contribution in [2.24, 2.45) is 11.8 Å². The number of rotatable bonds is 9. The van der Waals surface area contributed by atoms with Crippen LogP contribution in [0.1, 0.15) is 109 Å². The van der Waals surface area contributed by atoms with E-state index in [9.17, 15) is 24.6 Å². The number of phenolic OH excluding ortho intramolecular Hbond substituents is 1. The van der Waals surface area contributed by atoms with Gasteiger partial charge >= 0.3 is 0 Å². The molecule has 256 valence electrons. The van der Waals surface area contributed by atoms with Crippen LogP contribution >= 0.6 is 0 Å². The number of epoxide rings is 1. The lowest BCUT2D eigenvalue weighted by molar-refractivity contribution is -0.171. The molecule has 0 aromatic heterocycles. The summed E-state index contributed by atoms with van der Waals surface area (Å²) in [4.78, 5) is 40.3. The summed E-state index contributed by atoms with van der Waals surface area (Å²) in [5, 5.41) is 23.9. The fraction of sp³-hybridized carbons (Fsp3) is 0.553. The summed E-state index contributed by atoms with van der Waals surface area (Å²) in [5.74, 6) is -1.67. The first-order chi connectivity index (χ1) is 22.4. The van der Waals surface area contributed by atoms with Crippen molar-refractivity contribution in [3.05, 3.63) is 57.9 Å². The van der Waals surface area contributed by atoms with E-state index >= 15 is 0 Å². The van der Waals surface area contributed by atoms with Crippen LogP contribution in [-0.4, -0.2) is 62.4 Å². The number of hydrogen-bond acceptors (Lipinski definition) is 10. The lowest BCUT2D eigenvalue weighted by Crippen LogP contribution is -2.72. The minimum absolute atomic E-state index is 0.0306. The van der Waals surface area contributed by atoms with E-state index in [-0.39, 0.29) is 57.5 Å². The molecule has 7 atom stereocenters. The van der Waals surface area contributed by atoms with E-state index in [1.165, 1.54) is 5.57 Å². The maximum atomic E-state index is 14.8. The van der Waals surface area contributed by atoms with Gasteiger partial charge in [-0.05, 0) is 92.9 Å². The Bertz CT molecular complexity index is 1770. The van der Waals surface area contributed by atoms with Crippen molar-refractivity contribution in [3.8, 4) is 17.2 Å². The monoisotopic (exact) mass is 660 g/mol. The Labute approximate surface area is 280 Å². The second kappa shape index (κ2) is 10.4. The van der Waals surface area contributed by atoms with Crippen molar-refractivity contribution < 1.29 is 48.3 Å². The Morgan fingerprint density at radius 1 is 1.06 bits per heavy atom. The van der Waals surface area contributed by atoms with E-state index in [0.717, 1.165) is 6.42 Å². The zero-order valence-electron chi connectivity index (χ0n) is 28.8. The molecule has 0 amide bonds. The highest BCUT2D eigenvalue weighted by Gasteiger charge is 2.81. The van der Waals surface area contributed by atoms with Crippen LogP contribution in [-0.2, 0) is 23.8 Å². The van der Waals surface area contributed by atoms with Gasteiger partial charge in [0.2, 0.25) is 0 Å². The Kier molecular flexibility index (Phi) is 7.10. The van der Waals surface area contributed by atoms with Gasteiger partial charge in [-0.1, -0.05) is 17.7 Å². The molecule has 7 aliphatic rings. The SMILES string of the molecule is CC(C)=CCC[C@]1(C)C=Cc2c(O)c3c(c(C(O)C4OC4(C)C)c2O1)O[C@]12C(=CC4CC1C(C)(C)OC2(CC=C(C)OC=O)C4=O)C3=O. The van der Waals surface area contributed by atoms with Crippen molar-refractivity contribution in [2.45, 2.75) is 121 Å². The third-order valence-corrected chi connectivity index (χ3v) is 11.2. The topological polar surface area (TPSA) is 141 Å². The molecule has 3 aliphatic carbocycles. The number of phenols is 1. The number of carbonyl (C=O) groups is 3. The van der Waals surface area contributed by atoms with E-state index in [4.69, 9.17) is 23.7 Å². The predicted molar refractivity (Wildman–Crippen MR) is 175 cm³/mol. The van der Waals surface area contributed by atoms with Gasteiger partial charge in [0.25, 0.3) is 6.47 Å². The first kappa shape index (κ1) is 32.8. The molecule has 48 heavy (non-hydrogen) atoms. The summed E-state index contributed by atoms with van der Waals surface area (Å²) in [6, 6.07) is 0. The number of aromatic hydroxyl groups is 1. The third-order valence-electron chi connectivity index (χ3n) is 11.2. The van der Waals surface area contributed by atoms with Gasteiger partial charge in [-0.25, -0.2) is 0 Å². The number of fused-ring (bicyclic) bond motifs is 2. The first-order valence-electron chi connectivity index (χ1n) is 16.7. The third kappa shape index (κ3) is 4.38. The normalized spacial score (nSPS) is 35.0. The van der Waals surface area contributed by atoms with Gasteiger partial charge in [0.05, 0.1) is 22.3 Å². The quantitative estimate of drug-likeness (QED) is 0.141. The van der Waals surface area contributed by atoms with Crippen molar-refractivity contribution in [1.29, 1.82) is 0 Å². The fourth-order valence-corrected chi connectivity index (χ4v) is 8.82. The maximum absolute atomic E-state index is 14.8. The van der Waals surface area contributed by atoms with Crippen LogP contribution in [0.5, 0.6) is 17.2 Å². The van der Waals surface area contributed by atoms with Crippen molar-refractivity contribution in [3.63, 3.8) is 0 Å². The van der Waals surface area contributed by atoms with Crippen LogP contribution in [0.25, 0.3) is 6.08 Å². The molecule has 8 rings (SSSR count). The number of Topliss-reactive ketones (excluding diaryl/α,β-unsaturated/α-hetero) is 2. The van der Waals surface area contributed by atoms with E-state index < -0.39 is 57.8 Å². The Hall–Kier alpha value is -3.73. The first-order valence-corrected chi connectivity index (χ1v) is 16.7. The van der Waals surface area contributed by atoms with Gasteiger partial charge in [0.1, 0.15) is 46.4 Å². The molecule has 4 aliphatic heterocycles. The minimum atomic E-state index is -1.66. The summed E-state index contributed by atoms with van der Waals surface area (Å²) < 4.78 is 31.5. The highest BCUT2D eigenvalue weighted by Crippen LogP contribution is 2.69. The molecule has 1 saturated carbocycles. The summed E-state index contributed by atoms with van der Waals surface area (Å²) in [7, 11) is 0. The molecule has 2 N–H and O–H groups in total. The molecule has 1 spiro atoms. The Morgan fingerprint density at radius 3 is 2.42 bits per heavy atom. The molecule has 4 bridgehead atoms. The van der Waals surface area contributed by atoms with Crippen molar-refractivity contribution in [2.75, 3.05) is 0 Å². The lowest BCUT2D eigenvalue weighted by atomic mass is 9.51. The molecular weight excluding hydrogens is 616 g/mol. The second-order valence-electron chi connectivity index (χ2n) is 15.6. The van der Waals surface area contributed by atoms with Crippen LogP contribution in [0.4, 0.5) is 0 Å². The Morgan fingerprint density at radius 2 is 1.77 bits per heavy atom. The molecule has 5 unspecified atom stereocenters. The molecular formula is C38H44O10. The van der Waals surface area contributed by atoms with Gasteiger partial charge in [0.15, 0.2) is 22.8 Å². The number of benzene rings is 1. The number of ketones is 2. The summed E-state index contributed by atoms with van der Waals surface area (Å²) in [6.07, 6.45) is 8.76. The standard InChI is InChI=1S/C38H44O10/c1-19(2)10-9-13-36(8)14-12-22-27(40)25-28(41)23-16-21-17-24-34(4,5)48-37(32(21)43,15-11-20(3)44-18-39)38(23,24)46-31(25)26(30(22)45-36)29(42)33-35(6,7)47-33/h10-12,14,16,18,21,24,29,33,40,42H,9,13,15,17H2,1-8H3/t21?,24?,29?,33?,36-,37?,38-/m1/s1. The van der Waals surface area contributed by atoms with Crippen LogP contribution in [0, 0.1) is 11.8 Å². The molecule has 1 aromatic carbocycles. The number of aliphatic hydroxyl groups is 1. The molecule has 1 aromatic rings. The molecule has 2 saturated heterocycles. The van der Waals surface area contributed by atoms with Crippen LogP contribution < -0.4 is 9.47 Å². The molecule has 3 fully saturated rings. The van der Waals surface area contributed by atoms with Gasteiger partial charge in [-0.15, -0.1) is 0 Å². The highest BCUT2D eigenvalue weighted by atomic mass is 16.6. The number of hydrogen-bond donors (Lipinski definition) is 2. The Balaban J connectivity index is 1.46. The molecule has 0 radical (unpaired) electrons. The molecule has 4 heterocycles. The van der Waals surface area contributed by atoms with Crippen LogP contribution in [0.15, 0.2) is 41.2 Å². The fourth-order valence-electron chi connectivity index (χ4n) is 8.82. The maximum Gasteiger partial charge on any atom is 0.298 e. The lowest BCUT2D eigenvalue weighted by Gasteiger charge is -2.56. The van der Waals surface area contributed by atoms with E-state index in [0.29, 0.717) is 19.3 Å². The number of aliphatic hydroxyl groups excluding tert-OH is 1. The summed E-state index contributed by atoms with van der Waals surface area (Å²) in [5.41, 5.74) is -3.84. The molecule has 10 heteroatoms. The zero-order valence-corrected chi connectivity index (χ0v) is 28.8. The second-order valence-corrected chi connectivity index (χ2v) is 15.6. The van der Waals surface area contributed by atoms with Gasteiger partial charge in [-0.3, -0.25) is 14.4 Å². The average Bonchev–Trinajstić information content (AvgIpc) is 3.60. The van der Waals surface area contributed by atoms with E-state index in [2.05, 4.69) is 6.08 Å². The zero-order chi connectivity index (χ0) is 34.8. The van der Waals surface area contributed by atoms with Crippen LogP contribution in [0.3, 0.4) is 0 Å². The minimum Gasteiger partial charge on any atom is -0.506 e. The molecule has 10 nitrogen and oxygen atoms in total. The summed E-state index contributed by atoms with van der Waals surface area (Å²) in [6.45, 7) is 15.4. The van der Waals surface area contributed by atoms with E-state index in [1.54, 1.807) is 25.2 Å². The largest absolute Gasteiger partial charge is 0.506 e. The smallest absolute Gasteiger partial charge is 0.298 e. The van der Waals surface area contributed by atoms with Crippen molar-refractivity contribution >= 4 is 24.1 Å². The predicted octanol–water partition coefficient (Wildman–Crippen LogP) is 5.99. The summed E-state index contributed by atoms with van der Waals surface area (Å²) >= 11 is 0. The van der Waals surface area contributed by atoms with Crippen LogP contribution in [0.2, 0.25) is 0 Å². The number of allylic oxidation sites excluding steroid dienone is 4. The van der Waals surface area contributed by atoms with Gasteiger partial charge in [-0.2, -0.15) is 0 Å². The van der Waals surface area contributed by atoms with Gasteiger partial charge < -0.3 is 33.9 Å². The number of carbonyl (C=O) groups excluding carboxylic acids is 3. The van der Waals surface area contributed by atoms with Gasteiger partial charge in [0, 0.05) is 23.8 Å².